The van der Waals surface area contributed by atoms with Gasteiger partial charge in [0, 0.05) is 17.4 Å². The third-order valence-electron chi connectivity index (χ3n) is 4.47. The smallest absolute Gasteiger partial charge is 0.227 e. The molecule has 0 atom stereocenters. The van der Waals surface area contributed by atoms with Gasteiger partial charge in [-0.25, -0.2) is 9.97 Å². The van der Waals surface area contributed by atoms with E-state index in [4.69, 9.17) is 5.26 Å². The number of ketones is 1. The van der Waals surface area contributed by atoms with Gasteiger partial charge >= 0.3 is 0 Å². The molecule has 4 rings (SSSR count). The average molecular weight is 364 g/mol. The molecule has 5 nitrogen and oxygen atoms in total. The summed E-state index contributed by atoms with van der Waals surface area (Å²) in [4.78, 5) is 21.7. The molecule has 0 bridgehead atoms. The summed E-state index contributed by atoms with van der Waals surface area (Å²) in [5.74, 6) is 0.188. The van der Waals surface area contributed by atoms with Crippen LogP contribution >= 0.6 is 0 Å². The van der Waals surface area contributed by atoms with E-state index in [9.17, 15) is 4.79 Å². The Hall–Kier alpha value is -4.04. The lowest BCUT2D eigenvalue weighted by atomic mass is 10.0. The van der Waals surface area contributed by atoms with Crippen molar-refractivity contribution in [2.75, 3.05) is 5.32 Å². The summed E-state index contributed by atoms with van der Waals surface area (Å²) < 4.78 is 0. The molecule has 0 aliphatic carbocycles. The van der Waals surface area contributed by atoms with E-state index in [1.54, 1.807) is 30.5 Å². The van der Waals surface area contributed by atoms with Crippen molar-refractivity contribution in [2.45, 2.75) is 6.92 Å². The molecule has 1 N–H and O–H groups in total. The summed E-state index contributed by atoms with van der Waals surface area (Å²) in [6.45, 7) is 1.82. The number of nitrogens with zero attached hydrogens (tertiary/aromatic N) is 3. The quantitative estimate of drug-likeness (QED) is 0.527. The molecule has 1 heterocycles. The summed E-state index contributed by atoms with van der Waals surface area (Å²) in [6, 6.07) is 22.6. The van der Waals surface area contributed by atoms with Crippen molar-refractivity contribution in [1.82, 2.24) is 9.97 Å². The standard InChI is InChI=1S/C23H16N4O/c1-15-14-25-23(26-20-10-6-16(13-24)7-11-20)27-21(15)22(28)19-9-8-17-4-2-3-5-18(17)12-19/h2-12,14H,1H3,(H,25,26,27). The Labute approximate surface area is 162 Å². The molecular formula is C23H16N4O. The number of hydrogen-bond acceptors (Lipinski definition) is 5. The van der Waals surface area contributed by atoms with Crippen LogP contribution in [0.3, 0.4) is 0 Å². The molecule has 0 unspecified atom stereocenters. The summed E-state index contributed by atoms with van der Waals surface area (Å²) in [5, 5.41) is 14.1. The van der Waals surface area contributed by atoms with Gasteiger partial charge in [0.2, 0.25) is 11.7 Å². The van der Waals surface area contributed by atoms with Gasteiger partial charge in [-0.1, -0.05) is 36.4 Å². The van der Waals surface area contributed by atoms with E-state index >= 15 is 0 Å². The first-order valence-electron chi connectivity index (χ1n) is 8.78. The van der Waals surface area contributed by atoms with Crippen LogP contribution in [0.5, 0.6) is 0 Å². The number of hydrogen-bond donors (Lipinski definition) is 1. The summed E-state index contributed by atoms with van der Waals surface area (Å²) in [6.07, 6.45) is 1.63. The predicted molar refractivity (Wildman–Crippen MR) is 109 cm³/mol. The molecule has 0 spiro atoms. The molecule has 5 heteroatoms. The Balaban J connectivity index is 1.65. The fraction of sp³-hybridized carbons (Fsp3) is 0.0435. The van der Waals surface area contributed by atoms with Gasteiger partial charge in [-0.05, 0) is 53.6 Å². The number of nitrogens with one attached hydrogen (secondary N) is 1. The second-order valence-corrected chi connectivity index (χ2v) is 6.43. The van der Waals surface area contributed by atoms with Gasteiger partial charge in [0.15, 0.2) is 0 Å². The minimum atomic E-state index is -0.145. The van der Waals surface area contributed by atoms with Crippen molar-refractivity contribution in [3.8, 4) is 6.07 Å². The van der Waals surface area contributed by atoms with Gasteiger partial charge in [0.1, 0.15) is 5.69 Å². The Bertz CT molecular complexity index is 1220. The maximum atomic E-state index is 13.0. The van der Waals surface area contributed by atoms with Crippen molar-refractivity contribution in [3.63, 3.8) is 0 Å². The van der Waals surface area contributed by atoms with Crippen LogP contribution in [0.25, 0.3) is 10.8 Å². The number of carbonyl (C=O) groups is 1. The Morgan fingerprint density at radius 3 is 2.50 bits per heavy atom. The normalized spacial score (nSPS) is 10.4. The van der Waals surface area contributed by atoms with Crippen LogP contribution in [0.15, 0.2) is 72.9 Å². The lowest BCUT2D eigenvalue weighted by molar-refractivity contribution is 0.103. The SMILES string of the molecule is Cc1cnc(Nc2ccc(C#N)cc2)nc1C(=O)c1ccc2ccccc2c1. The van der Waals surface area contributed by atoms with Crippen molar-refractivity contribution in [2.24, 2.45) is 0 Å². The van der Waals surface area contributed by atoms with E-state index in [-0.39, 0.29) is 5.78 Å². The molecule has 0 aliphatic heterocycles. The van der Waals surface area contributed by atoms with Gasteiger partial charge in [-0.3, -0.25) is 4.79 Å². The Morgan fingerprint density at radius 1 is 1.00 bits per heavy atom. The third kappa shape index (κ3) is 3.44. The van der Waals surface area contributed by atoms with Gasteiger partial charge in [-0.15, -0.1) is 0 Å². The number of aryl methyl sites for hydroxylation is 1. The number of fused-ring (bicyclic) bond motifs is 1. The van der Waals surface area contributed by atoms with Crippen LogP contribution in [0, 0.1) is 18.3 Å². The zero-order valence-electron chi connectivity index (χ0n) is 15.2. The van der Waals surface area contributed by atoms with E-state index in [2.05, 4.69) is 21.4 Å². The van der Waals surface area contributed by atoms with Crippen LogP contribution in [0.4, 0.5) is 11.6 Å². The molecule has 0 saturated heterocycles. The third-order valence-corrected chi connectivity index (χ3v) is 4.47. The van der Waals surface area contributed by atoms with Crippen LogP contribution < -0.4 is 5.32 Å². The molecule has 0 saturated carbocycles. The number of nitriles is 1. The van der Waals surface area contributed by atoms with Crippen LogP contribution in [0.2, 0.25) is 0 Å². The maximum absolute atomic E-state index is 13.0. The van der Waals surface area contributed by atoms with E-state index in [0.29, 0.717) is 28.3 Å². The topological polar surface area (TPSA) is 78.7 Å². The highest BCUT2D eigenvalue weighted by atomic mass is 16.1. The molecule has 28 heavy (non-hydrogen) atoms. The fourth-order valence-corrected chi connectivity index (χ4v) is 2.96. The van der Waals surface area contributed by atoms with Crippen molar-refractivity contribution in [1.29, 1.82) is 5.26 Å². The zero-order chi connectivity index (χ0) is 19.5. The molecule has 1 aromatic heterocycles. The number of carbonyl (C=O) groups excluding carboxylic acids is 1. The number of rotatable bonds is 4. The minimum Gasteiger partial charge on any atom is -0.324 e. The Kier molecular flexibility index (Phi) is 4.53. The summed E-state index contributed by atoms with van der Waals surface area (Å²) >= 11 is 0. The molecule has 0 aliphatic rings. The van der Waals surface area contributed by atoms with Crippen molar-refractivity contribution < 1.29 is 4.79 Å². The largest absolute Gasteiger partial charge is 0.324 e. The van der Waals surface area contributed by atoms with E-state index in [1.165, 1.54) is 0 Å². The maximum Gasteiger partial charge on any atom is 0.227 e. The Morgan fingerprint density at radius 2 is 1.75 bits per heavy atom. The first-order chi connectivity index (χ1) is 13.6. The van der Waals surface area contributed by atoms with Crippen molar-refractivity contribution in [3.05, 3.63) is 95.3 Å². The molecule has 0 radical (unpaired) electrons. The highest BCUT2D eigenvalue weighted by Crippen LogP contribution is 2.20. The van der Waals surface area contributed by atoms with E-state index in [0.717, 1.165) is 16.5 Å². The van der Waals surface area contributed by atoms with Crippen LogP contribution in [0.1, 0.15) is 27.2 Å². The first-order valence-corrected chi connectivity index (χ1v) is 8.78. The van der Waals surface area contributed by atoms with Crippen molar-refractivity contribution >= 4 is 28.2 Å². The highest BCUT2D eigenvalue weighted by Gasteiger charge is 2.15. The molecule has 0 fully saturated rings. The van der Waals surface area contributed by atoms with E-state index in [1.807, 2.05) is 49.4 Å². The fourth-order valence-electron chi connectivity index (χ4n) is 2.96. The minimum absolute atomic E-state index is 0.145. The second kappa shape index (κ2) is 7.29. The number of anilines is 2. The molecule has 134 valence electrons. The molecule has 4 aromatic rings. The summed E-state index contributed by atoms with van der Waals surface area (Å²) in [5.41, 5.74) is 2.98. The average Bonchev–Trinajstić information content (AvgIpc) is 2.75. The first kappa shape index (κ1) is 17.4. The lowest BCUT2D eigenvalue weighted by Crippen LogP contribution is -2.09. The zero-order valence-corrected chi connectivity index (χ0v) is 15.2. The lowest BCUT2D eigenvalue weighted by Gasteiger charge is -2.09. The van der Waals surface area contributed by atoms with Gasteiger partial charge < -0.3 is 5.32 Å². The van der Waals surface area contributed by atoms with Gasteiger partial charge in [-0.2, -0.15) is 5.26 Å². The van der Waals surface area contributed by atoms with Crippen LogP contribution in [-0.2, 0) is 0 Å². The molecule has 3 aromatic carbocycles. The molecular weight excluding hydrogens is 348 g/mol. The monoisotopic (exact) mass is 364 g/mol. The molecule has 0 amide bonds. The van der Waals surface area contributed by atoms with Gasteiger partial charge in [0.25, 0.3) is 0 Å². The highest BCUT2D eigenvalue weighted by molar-refractivity contribution is 6.10. The number of aromatic nitrogens is 2. The second-order valence-electron chi connectivity index (χ2n) is 6.43. The summed E-state index contributed by atoms with van der Waals surface area (Å²) in [7, 11) is 0. The van der Waals surface area contributed by atoms with Gasteiger partial charge in [0.05, 0.1) is 11.6 Å². The van der Waals surface area contributed by atoms with Crippen LogP contribution in [-0.4, -0.2) is 15.8 Å². The predicted octanol–water partition coefficient (Wildman–Crippen LogP) is 4.78. The number of benzene rings is 3. The van der Waals surface area contributed by atoms with E-state index < -0.39 is 0 Å².